The number of hydrogen-bond acceptors (Lipinski definition) is 2. The second kappa shape index (κ2) is 5.33. The van der Waals surface area contributed by atoms with Gasteiger partial charge in [0.2, 0.25) is 5.91 Å². The molecule has 0 aromatic heterocycles. The van der Waals surface area contributed by atoms with E-state index in [1.807, 2.05) is 30.9 Å². The van der Waals surface area contributed by atoms with E-state index in [0.717, 1.165) is 25.2 Å². The summed E-state index contributed by atoms with van der Waals surface area (Å²) in [6.45, 7) is 10.8. The number of aryl methyl sites for hydroxylation is 1. The maximum absolute atomic E-state index is 12.8. The van der Waals surface area contributed by atoms with Crippen LogP contribution in [0, 0.1) is 6.92 Å². The van der Waals surface area contributed by atoms with E-state index < -0.39 is 5.41 Å². The second-order valence-electron chi connectivity index (χ2n) is 6.05. The van der Waals surface area contributed by atoms with Gasteiger partial charge in [0, 0.05) is 25.7 Å². The van der Waals surface area contributed by atoms with Crippen molar-refractivity contribution in [3.63, 3.8) is 0 Å². The number of rotatable bonds is 2. The lowest BCUT2D eigenvalue weighted by Gasteiger charge is -2.37. The maximum Gasteiger partial charge on any atom is 0.232 e. The van der Waals surface area contributed by atoms with Crippen LogP contribution in [0.4, 0.5) is 0 Å². The molecule has 2 rings (SSSR count). The van der Waals surface area contributed by atoms with Gasteiger partial charge < -0.3 is 10.2 Å². The van der Waals surface area contributed by atoms with Crippen molar-refractivity contribution in [2.24, 2.45) is 0 Å². The topological polar surface area (TPSA) is 32.3 Å². The van der Waals surface area contributed by atoms with Crippen LogP contribution in [0.5, 0.6) is 0 Å². The van der Waals surface area contributed by atoms with Crippen molar-refractivity contribution >= 4 is 5.91 Å². The van der Waals surface area contributed by atoms with Gasteiger partial charge in [-0.25, -0.2) is 0 Å². The van der Waals surface area contributed by atoms with Crippen molar-refractivity contribution in [3.8, 4) is 0 Å². The van der Waals surface area contributed by atoms with Crippen LogP contribution >= 0.6 is 0 Å². The SMILES string of the molecule is Cc1ccccc1C(C)(C)C(=O)N1CCN[C@H](C)C1. The Morgan fingerprint density at radius 3 is 2.68 bits per heavy atom. The third-order valence-corrected chi connectivity index (χ3v) is 4.01. The molecule has 0 bridgehead atoms. The lowest BCUT2D eigenvalue weighted by Crippen LogP contribution is -2.55. The first-order valence-electron chi connectivity index (χ1n) is 7.02. The molecule has 1 heterocycles. The first-order valence-corrected chi connectivity index (χ1v) is 7.02. The smallest absolute Gasteiger partial charge is 0.232 e. The highest BCUT2D eigenvalue weighted by molar-refractivity contribution is 5.88. The third-order valence-electron chi connectivity index (χ3n) is 4.01. The minimum atomic E-state index is -0.456. The van der Waals surface area contributed by atoms with Crippen molar-refractivity contribution in [1.82, 2.24) is 10.2 Å². The number of piperazine rings is 1. The molecule has 3 nitrogen and oxygen atoms in total. The standard InChI is InChI=1S/C16H24N2O/c1-12-7-5-6-8-14(12)16(3,4)15(19)18-10-9-17-13(2)11-18/h5-8,13,17H,9-11H2,1-4H3/t13-/m1/s1. The maximum atomic E-state index is 12.8. The predicted molar refractivity (Wildman–Crippen MR) is 78.2 cm³/mol. The summed E-state index contributed by atoms with van der Waals surface area (Å²) in [4.78, 5) is 14.8. The fourth-order valence-corrected chi connectivity index (χ4v) is 2.90. The van der Waals surface area contributed by atoms with Crippen molar-refractivity contribution in [1.29, 1.82) is 0 Å². The molecule has 1 fully saturated rings. The van der Waals surface area contributed by atoms with E-state index in [9.17, 15) is 4.79 Å². The Bertz CT molecular complexity index is 468. The monoisotopic (exact) mass is 260 g/mol. The van der Waals surface area contributed by atoms with E-state index in [0.29, 0.717) is 6.04 Å². The summed E-state index contributed by atoms with van der Waals surface area (Å²) in [5.74, 6) is 0.232. The highest BCUT2D eigenvalue weighted by atomic mass is 16.2. The quantitative estimate of drug-likeness (QED) is 0.883. The van der Waals surface area contributed by atoms with Gasteiger partial charge in [0.05, 0.1) is 5.41 Å². The summed E-state index contributed by atoms with van der Waals surface area (Å²) >= 11 is 0. The Hall–Kier alpha value is -1.35. The van der Waals surface area contributed by atoms with E-state index in [2.05, 4.69) is 31.3 Å². The first-order chi connectivity index (χ1) is 8.93. The molecule has 3 heteroatoms. The van der Waals surface area contributed by atoms with Crippen molar-refractivity contribution in [2.75, 3.05) is 19.6 Å². The normalized spacial score (nSPS) is 20.4. The van der Waals surface area contributed by atoms with Gasteiger partial charge in [-0.15, -0.1) is 0 Å². The molecule has 0 spiro atoms. The lowest BCUT2D eigenvalue weighted by atomic mass is 9.80. The fourth-order valence-electron chi connectivity index (χ4n) is 2.90. The van der Waals surface area contributed by atoms with Gasteiger partial charge in [0.1, 0.15) is 0 Å². The number of benzene rings is 1. The minimum Gasteiger partial charge on any atom is -0.339 e. The molecule has 1 atom stereocenters. The lowest BCUT2D eigenvalue weighted by molar-refractivity contribution is -0.137. The highest BCUT2D eigenvalue weighted by Crippen LogP contribution is 2.28. The van der Waals surface area contributed by atoms with E-state index in [1.54, 1.807) is 0 Å². The molecule has 1 aromatic carbocycles. The Morgan fingerprint density at radius 1 is 1.37 bits per heavy atom. The molecule has 1 aliphatic rings. The Balaban J connectivity index is 2.24. The van der Waals surface area contributed by atoms with Gasteiger partial charge in [-0.1, -0.05) is 24.3 Å². The van der Waals surface area contributed by atoms with Crippen molar-refractivity contribution in [3.05, 3.63) is 35.4 Å². The molecule has 1 amide bonds. The van der Waals surface area contributed by atoms with E-state index in [1.165, 1.54) is 5.56 Å². The average molecular weight is 260 g/mol. The van der Waals surface area contributed by atoms with Crippen LogP contribution in [0.1, 0.15) is 31.9 Å². The highest BCUT2D eigenvalue weighted by Gasteiger charge is 2.35. The summed E-state index contributed by atoms with van der Waals surface area (Å²) in [7, 11) is 0. The summed E-state index contributed by atoms with van der Waals surface area (Å²) in [5.41, 5.74) is 1.86. The Labute approximate surface area is 116 Å². The molecule has 1 aromatic rings. The summed E-state index contributed by atoms with van der Waals surface area (Å²) in [5, 5.41) is 3.38. The first kappa shape index (κ1) is 14.1. The number of nitrogens with zero attached hydrogens (tertiary/aromatic N) is 1. The zero-order chi connectivity index (χ0) is 14.0. The number of carbonyl (C=O) groups is 1. The third kappa shape index (κ3) is 2.81. The number of amides is 1. The van der Waals surface area contributed by atoms with Gasteiger partial charge in [-0.2, -0.15) is 0 Å². The molecule has 0 radical (unpaired) electrons. The summed E-state index contributed by atoms with van der Waals surface area (Å²) in [6.07, 6.45) is 0. The fraction of sp³-hybridized carbons (Fsp3) is 0.562. The molecule has 104 valence electrons. The van der Waals surface area contributed by atoms with Crippen LogP contribution < -0.4 is 5.32 Å². The number of carbonyl (C=O) groups excluding carboxylic acids is 1. The van der Waals surface area contributed by atoms with Crippen LogP contribution in [-0.2, 0) is 10.2 Å². The van der Waals surface area contributed by atoms with Gasteiger partial charge in [0.15, 0.2) is 0 Å². The minimum absolute atomic E-state index is 0.232. The van der Waals surface area contributed by atoms with Crippen LogP contribution in [0.15, 0.2) is 24.3 Å². The Morgan fingerprint density at radius 2 is 2.05 bits per heavy atom. The zero-order valence-corrected chi connectivity index (χ0v) is 12.4. The molecular weight excluding hydrogens is 236 g/mol. The van der Waals surface area contributed by atoms with Gasteiger partial charge in [-0.05, 0) is 38.8 Å². The molecule has 1 N–H and O–H groups in total. The molecule has 1 saturated heterocycles. The van der Waals surface area contributed by atoms with Crippen LogP contribution in [-0.4, -0.2) is 36.5 Å². The number of nitrogens with one attached hydrogen (secondary N) is 1. The molecule has 0 saturated carbocycles. The molecule has 0 aliphatic carbocycles. The largest absolute Gasteiger partial charge is 0.339 e. The summed E-state index contributed by atoms with van der Waals surface area (Å²) in [6, 6.07) is 8.55. The van der Waals surface area contributed by atoms with E-state index in [-0.39, 0.29) is 5.91 Å². The van der Waals surface area contributed by atoms with Crippen LogP contribution in [0.3, 0.4) is 0 Å². The van der Waals surface area contributed by atoms with Crippen LogP contribution in [0.2, 0.25) is 0 Å². The number of hydrogen-bond donors (Lipinski definition) is 1. The van der Waals surface area contributed by atoms with Gasteiger partial charge >= 0.3 is 0 Å². The molecule has 19 heavy (non-hydrogen) atoms. The Kier molecular flexibility index (Phi) is 3.95. The van der Waals surface area contributed by atoms with Crippen molar-refractivity contribution < 1.29 is 4.79 Å². The average Bonchev–Trinajstić information content (AvgIpc) is 2.38. The van der Waals surface area contributed by atoms with Crippen molar-refractivity contribution in [2.45, 2.75) is 39.2 Å². The predicted octanol–water partition coefficient (Wildman–Crippen LogP) is 2.09. The van der Waals surface area contributed by atoms with E-state index >= 15 is 0 Å². The zero-order valence-electron chi connectivity index (χ0n) is 12.4. The van der Waals surface area contributed by atoms with Crippen LogP contribution in [0.25, 0.3) is 0 Å². The van der Waals surface area contributed by atoms with Gasteiger partial charge in [-0.3, -0.25) is 4.79 Å². The molecule has 0 unspecified atom stereocenters. The molecular formula is C16H24N2O. The second-order valence-corrected chi connectivity index (χ2v) is 6.05. The van der Waals surface area contributed by atoms with Gasteiger partial charge in [0.25, 0.3) is 0 Å². The molecule has 1 aliphatic heterocycles. The summed E-state index contributed by atoms with van der Waals surface area (Å²) < 4.78 is 0. The van der Waals surface area contributed by atoms with E-state index in [4.69, 9.17) is 0 Å².